The summed E-state index contributed by atoms with van der Waals surface area (Å²) in [4.78, 5) is 0. The Morgan fingerprint density at radius 1 is 1.20 bits per heavy atom. The molecule has 0 unspecified atom stereocenters. The summed E-state index contributed by atoms with van der Waals surface area (Å²) in [6, 6.07) is 0. The van der Waals surface area contributed by atoms with Crippen LogP contribution in [0.1, 0.15) is 32.6 Å². The van der Waals surface area contributed by atoms with Crippen LogP contribution in [0.5, 0.6) is 0 Å². The van der Waals surface area contributed by atoms with Gasteiger partial charge in [-0.1, -0.05) is 0 Å². The molecule has 2 aliphatic carbocycles. The number of rotatable bonds is 4. The first-order valence-corrected chi connectivity index (χ1v) is 10.6. The smallest absolute Gasteiger partial charge is 1.00 e. The molecule has 0 bridgehead atoms. The second-order valence-electron chi connectivity index (χ2n) is 5.29. The first-order chi connectivity index (χ1) is 8.63. The third-order valence-corrected chi connectivity index (χ3v) is 7.04. The van der Waals surface area contributed by atoms with Crippen LogP contribution in [-0.4, -0.2) is 13.6 Å². The molecule has 20 heavy (non-hydrogen) atoms. The molecule has 0 atom stereocenters. The number of hydrogen-bond acceptors (Lipinski definition) is 0. The summed E-state index contributed by atoms with van der Waals surface area (Å²) < 4.78 is 1.62. The first-order valence-electron chi connectivity index (χ1n) is 6.85. The van der Waals surface area contributed by atoms with Crippen LogP contribution in [0.4, 0.5) is 0 Å². The molecule has 0 aromatic carbocycles. The maximum Gasteiger partial charge on any atom is -1.00 e. The van der Waals surface area contributed by atoms with Crippen molar-refractivity contribution < 1.29 is 49.5 Å². The maximum atomic E-state index is 2.44. The zero-order valence-corrected chi connectivity index (χ0v) is 17.4. The average Bonchev–Trinajstić information content (AvgIpc) is 2.92. The first kappa shape index (κ1) is 20.5. The number of allylic oxidation sites excluding steroid dienone is 8. The molecule has 0 spiro atoms. The minimum Gasteiger partial charge on any atom is -1.00 e. The van der Waals surface area contributed by atoms with Crippen LogP contribution in [0.15, 0.2) is 44.3 Å². The molecule has 0 aromatic heterocycles. The van der Waals surface area contributed by atoms with Crippen molar-refractivity contribution in [2.75, 3.05) is 0 Å². The molecule has 2 aliphatic rings. The summed E-state index contributed by atoms with van der Waals surface area (Å²) in [5.41, 5.74) is 4.66. The Bertz CT molecular complexity index is 507. The van der Waals surface area contributed by atoms with Crippen molar-refractivity contribution in [2.45, 2.75) is 45.7 Å². The van der Waals surface area contributed by atoms with E-state index in [0.717, 1.165) is 6.42 Å². The van der Waals surface area contributed by atoms with E-state index in [-0.39, 0.29) is 33.2 Å². The van der Waals surface area contributed by atoms with E-state index in [0.29, 0.717) is 0 Å². The fourth-order valence-corrected chi connectivity index (χ4v) is 6.19. The minimum atomic E-state index is -0.299. The van der Waals surface area contributed by atoms with Crippen molar-refractivity contribution in [1.82, 2.24) is 0 Å². The van der Waals surface area contributed by atoms with Gasteiger partial charge in [0.25, 0.3) is 0 Å². The quantitative estimate of drug-likeness (QED) is 0.492. The van der Waals surface area contributed by atoms with Crippen LogP contribution >= 0.6 is 0 Å². The molecular formula is C16H21Cl2SiZr. The molecule has 0 aromatic rings. The van der Waals surface area contributed by atoms with Gasteiger partial charge in [0.05, 0.1) is 0 Å². The Labute approximate surface area is 152 Å². The van der Waals surface area contributed by atoms with Crippen LogP contribution in [0.25, 0.3) is 0 Å². The second kappa shape index (κ2) is 9.51. The summed E-state index contributed by atoms with van der Waals surface area (Å²) in [7, 11) is -0.299. The van der Waals surface area contributed by atoms with E-state index >= 15 is 0 Å². The van der Waals surface area contributed by atoms with Gasteiger partial charge >= 0.3 is 128 Å². The molecular weight excluding hydrogens is 382 g/mol. The normalized spacial score (nSPS) is 16.8. The van der Waals surface area contributed by atoms with Crippen LogP contribution in [0.3, 0.4) is 0 Å². The summed E-state index contributed by atoms with van der Waals surface area (Å²) in [6.07, 6.45) is 14.6. The topological polar surface area (TPSA) is 0 Å². The van der Waals surface area contributed by atoms with Crippen molar-refractivity contribution in [3.63, 3.8) is 0 Å². The Balaban J connectivity index is 0.00000180. The van der Waals surface area contributed by atoms with Crippen LogP contribution in [0, 0.1) is 0 Å². The predicted octanol–water partition coefficient (Wildman–Crippen LogP) is -1.68. The van der Waals surface area contributed by atoms with Gasteiger partial charge in [0.2, 0.25) is 0 Å². The molecule has 0 fully saturated rings. The van der Waals surface area contributed by atoms with Crippen molar-refractivity contribution >= 4 is 13.6 Å². The molecule has 0 heterocycles. The molecule has 2 rings (SSSR count). The van der Waals surface area contributed by atoms with Crippen molar-refractivity contribution in [2.24, 2.45) is 0 Å². The van der Waals surface area contributed by atoms with Crippen molar-refractivity contribution in [3.8, 4) is 0 Å². The molecule has 0 saturated heterocycles. The van der Waals surface area contributed by atoms with E-state index in [1.807, 2.05) is 0 Å². The largest absolute Gasteiger partial charge is 1.00 e. The van der Waals surface area contributed by atoms with E-state index in [9.17, 15) is 0 Å². The monoisotopic (exact) mass is 401 g/mol. The van der Waals surface area contributed by atoms with Crippen LogP contribution in [0.2, 0.25) is 13.1 Å². The fourth-order valence-electron chi connectivity index (χ4n) is 2.49. The molecule has 0 aliphatic heterocycles. The van der Waals surface area contributed by atoms with Gasteiger partial charge in [-0.25, -0.2) is 0 Å². The number of hydrogen-bond donors (Lipinski definition) is 0. The Kier molecular flexibility index (Phi) is 9.75. The minimum absolute atomic E-state index is 0. The van der Waals surface area contributed by atoms with Gasteiger partial charge in [0, 0.05) is 0 Å². The third-order valence-electron chi connectivity index (χ3n) is 3.60. The Hall–Kier alpha value is 0.510. The summed E-state index contributed by atoms with van der Waals surface area (Å²) in [5, 5.41) is 1.65. The number of halogens is 2. The van der Waals surface area contributed by atoms with Gasteiger partial charge < -0.3 is 24.8 Å². The van der Waals surface area contributed by atoms with Gasteiger partial charge in [-0.05, 0) is 0 Å². The van der Waals surface area contributed by atoms with Gasteiger partial charge in [-0.15, -0.1) is 0 Å². The van der Waals surface area contributed by atoms with Crippen LogP contribution in [-0.2, 0) is 24.7 Å². The predicted molar refractivity (Wildman–Crippen MR) is 79.0 cm³/mol. The van der Waals surface area contributed by atoms with Gasteiger partial charge in [0.1, 0.15) is 0 Å². The van der Waals surface area contributed by atoms with Crippen molar-refractivity contribution in [3.05, 3.63) is 44.3 Å². The molecule has 0 nitrogen and oxygen atoms in total. The summed E-state index contributed by atoms with van der Waals surface area (Å²) >= 11 is 1.58. The molecule has 0 saturated carbocycles. The average molecular weight is 404 g/mol. The Morgan fingerprint density at radius 3 is 2.45 bits per heavy atom. The van der Waals surface area contributed by atoms with Gasteiger partial charge in [-0.3, -0.25) is 0 Å². The van der Waals surface area contributed by atoms with E-state index < -0.39 is 0 Å². The number of unbranched alkanes of at least 4 members (excludes halogenated alkanes) is 1. The summed E-state index contributed by atoms with van der Waals surface area (Å²) in [5.74, 6) is 0. The standard InChI is InChI=1S/C16H21Si.2ClH.Zr/c1-4-5-6-13-7-8-14(11-13)15-9-10-16(12-15)17(2)3;;;/h7,9-11H,4-6,8H2,1-3H3;2*1H;/q;;;+2/p-2. The molecule has 4 heteroatoms. The SMILES string of the molecule is CCCCC1=CCC(C2=[C]([Zr+2])C(=[Si](C)C)C=C2)=C1.[Cl-].[Cl-]. The maximum absolute atomic E-state index is 2.44. The van der Waals surface area contributed by atoms with E-state index in [1.54, 1.807) is 44.3 Å². The van der Waals surface area contributed by atoms with E-state index in [2.05, 4.69) is 44.3 Å². The third kappa shape index (κ3) is 4.77. The van der Waals surface area contributed by atoms with E-state index in [4.69, 9.17) is 0 Å². The van der Waals surface area contributed by atoms with Gasteiger partial charge in [0.15, 0.2) is 0 Å². The molecule has 107 valence electrons. The second-order valence-corrected chi connectivity index (χ2v) is 9.06. The fraction of sp³-hybridized carbons (Fsp3) is 0.438. The Morgan fingerprint density at radius 2 is 1.90 bits per heavy atom. The molecule has 0 amide bonds. The molecule has 0 N–H and O–H groups in total. The zero-order chi connectivity index (χ0) is 13.1. The van der Waals surface area contributed by atoms with Gasteiger partial charge in [-0.2, -0.15) is 0 Å². The summed E-state index contributed by atoms with van der Waals surface area (Å²) in [6.45, 7) is 7.06. The van der Waals surface area contributed by atoms with E-state index in [1.165, 1.54) is 24.8 Å². The zero-order valence-electron chi connectivity index (χ0n) is 12.4. The molecule has 0 radical (unpaired) electrons. The van der Waals surface area contributed by atoms with Crippen LogP contribution < -0.4 is 24.8 Å². The van der Waals surface area contributed by atoms with Crippen molar-refractivity contribution in [1.29, 1.82) is 0 Å².